The Morgan fingerprint density at radius 3 is 2.33 bits per heavy atom. The van der Waals surface area contributed by atoms with E-state index in [2.05, 4.69) is 9.47 Å². The van der Waals surface area contributed by atoms with Gasteiger partial charge in [0.2, 0.25) is 5.82 Å². The quantitative estimate of drug-likeness (QED) is 0.483. The first-order valence-electron chi connectivity index (χ1n) is 9.05. The van der Waals surface area contributed by atoms with Crippen molar-refractivity contribution in [1.82, 2.24) is 9.13 Å². The van der Waals surface area contributed by atoms with Gasteiger partial charge in [-0.2, -0.15) is 30.7 Å². The Bertz CT molecular complexity index is 1050. The Hall–Kier alpha value is -2.91. The largest absolute Gasteiger partial charge is 0.490 e. The van der Waals surface area contributed by atoms with E-state index >= 15 is 0 Å². The molecule has 16 heteroatoms. The summed E-state index contributed by atoms with van der Waals surface area (Å²) >= 11 is 0. The highest BCUT2D eigenvalue weighted by Gasteiger charge is 2.48. The van der Waals surface area contributed by atoms with Gasteiger partial charge in [-0.25, -0.2) is 14.4 Å². The number of halogens is 7. The molecule has 0 aromatic carbocycles. The number of esters is 2. The smallest absolute Gasteiger partial charge is 0.456 e. The first kappa shape index (κ1) is 19.1. The molecule has 0 unspecified atom stereocenters. The molecule has 168 valence electrons. The third kappa shape index (κ3) is 4.98. The highest BCUT2D eigenvalue weighted by Crippen LogP contribution is 2.32. The molecule has 1 aromatic heterocycles. The lowest BCUT2D eigenvalue weighted by atomic mass is 10.2. The lowest BCUT2D eigenvalue weighted by molar-refractivity contribution is -0.212. The van der Waals surface area contributed by atoms with Crippen molar-refractivity contribution in [3.63, 3.8) is 0 Å². The van der Waals surface area contributed by atoms with Gasteiger partial charge in [-0.1, -0.05) is 0 Å². The minimum atomic E-state index is -5.55. The van der Waals surface area contributed by atoms with Crippen LogP contribution in [0, 0.1) is 5.82 Å². The molecular weight excluding hydrogens is 441 g/mol. The number of hydrogen-bond acceptors (Lipinski definition) is 7. The van der Waals surface area contributed by atoms with Gasteiger partial charge in [-0.15, -0.1) is 0 Å². The number of nitrogens with zero attached hydrogens (tertiary/aromatic N) is 2. The van der Waals surface area contributed by atoms with E-state index < -0.39 is 84.4 Å². The minimum absolute atomic E-state index is 0.114. The summed E-state index contributed by atoms with van der Waals surface area (Å²) in [6.45, 7) is -4.92. The van der Waals surface area contributed by atoms with Crippen LogP contribution in [-0.2, 0) is 30.8 Å². The fourth-order valence-corrected chi connectivity index (χ4v) is 2.34. The Morgan fingerprint density at radius 1 is 1.20 bits per heavy atom. The first-order valence-corrected chi connectivity index (χ1v) is 7.55. The lowest BCUT2D eigenvalue weighted by Crippen LogP contribution is -2.40. The average Bonchev–Trinajstić information content (AvgIpc) is 3.02. The molecule has 1 aliphatic rings. The third-order valence-corrected chi connectivity index (χ3v) is 3.66. The van der Waals surface area contributed by atoms with E-state index in [0.29, 0.717) is 0 Å². The summed E-state index contributed by atoms with van der Waals surface area (Å²) in [5.74, 6) is -7.38. The van der Waals surface area contributed by atoms with E-state index in [1.807, 2.05) is 0 Å². The third-order valence-electron chi connectivity index (χ3n) is 3.66. The molecular formula is C14H11F7N2O7. The number of carbonyl (C=O) groups excluding carboxylic acids is 2. The molecule has 1 saturated heterocycles. The fraction of sp³-hybridized carbons (Fsp3) is 0.571. The summed E-state index contributed by atoms with van der Waals surface area (Å²) in [4.78, 5) is 46.0. The molecule has 0 aliphatic carbocycles. The summed E-state index contributed by atoms with van der Waals surface area (Å²) in [6, 6.07) is 0. The van der Waals surface area contributed by atoms with Gasteiger partial charge in [0.15, 0.2) is 0 Å². The van der Waals surface area contributed by atoms with Gasteiger partial charge in [0.25, 0.3) is 5.56 Å². The normalized spacial score (nSPS) is 24.0. The van der Waals surface area contributed by atoms with E-state index in [0.717, 1.165) is 0 Å². The van der Waals surface area contributed by atoms with Gasteiger partial charge < -0.3 is 14.2 Å². The number of aromatic nitrogens is 2. The van der Waals surface area contributed by atoms with Crippen LogP contribution >= 0.6 is 0 Å². The molecule has 1 aromatic rings. The van der Waals surface area contributed by atoms with E-state index in [4.69, 9.17) is 8.85 Å². The molecule has 2 heterocycles. The monoisotopic (exact) mass is 455 g/mol. The molecule has 0 N–H and O–H groups in total. The molecule has 3 atom stereocenters. The van der Waals surface area contributed by atoms with Crippen LogP contribution in [0.4, 0.5) is 30.7 Å². The Labute approximate surface area is 164 Å². The average molecular weight is 455 g/mol. The lowest BCUT2D eigenvalue weighted by Gasteiger charge is -2.19. The molecule has 1 aliphatic heterocycles. The van der Waals surface area contributed by atoms with Crippen molar-refractivity contribution >= 4 is 11.9 Å². The molecule has 9 nitrogen and oxygen atoms in total. The van der Waals surface area contributed by atoms with Crippen LogP contribution in [-0.4, -0.2) is 52.2 Å². The zero-order valence-electron chi connectivity index (χ0n) is 17.1. The summed E-state index contributed by atoms with van der Waals surface area (Å²) in [5, 5.41) is 0. The molecule has 0 saturated carbocycles. The number of ether oxygens (including phenoxy) is 3. The molecule has 2 rings (SSSR count). The number of carbonyl (C=O) groups is 2. The predicted molar refractivity (Wildman–Crippen MR) is 77.4 cm³/mol. The summed E-state index contributed by atoms with van der Waals surface area (Å²) in [6.07, 6.45) is -17.9. The summed E-state index contributed by atoms with van der Waals surface area (Å²) in [7, 11) is 0. The number of rotatable bonds is 4. The van der Waals surface area contributed by atoms with E-state index in [9.17, 15) is 49.9 Å². The Kier molecular flexibility index (Phi) is 5.14. The van der Waals surface area contributed by atoms with Crippen molar-refractivity contribution in [2.24, 2.45) is 6.98 Å². The van der Waals surface area contributed by atoms with E-state index in [1.165, 1.54) is 0 Å². The molecule has 1 fully saturated rings. The van der Waals surface area contributed by atoms with Gasteiger partial charge >= 0.3 is 30.0 Å². The second-order valence-electron chi connectivity index (χ2n) is 5.71. The molecule has 0 amide bonds. The Morgan fingerprint density at radius 2 is 1.80 bits per heavy atom. The van der Waals surface area contributed by atoms with Crippen LogP contribution in [0.15, 0.2) is 15.8 Å². The maximum Gasteiger partial charge on any atom is 0.490 e. The highest BCUT2D eigenvalue weighted by molar-refractivity contribution is 5.76. The first-order chi connectivity index (χ1) is 14.8. The zero-order chi connectivity index (χ0) is 25.5. The van der Waals surface area contributed by atoms with Crippen molar-refractivity contribution in [2.75, 3.05) is 6.61 Å². The maximum absolute atomic E-state index is 13.9. The van der Waals surface area contributed by atoms with E-state index in [-0.39, 0.29) is 10.8 Å². The van der Waals surface area contributed by atoms with Crippen LogP contribution < -0.4 is 11.2 Å². The van der Waals surface area contributed by atoms with Crippen molar-refractivity contribution < 1.29 is 58.6 Å². The van der Waals surface area contributed by atoms with Crippen molar-refractivity contribution in [1.29, 1.82) is 0 Å². The van der Waals surface area contributed by atoms with Gasteiger partial charge in [0.05, 0.1) is 6.20 Å². The van der Waals surface area contributed by atoms with Gasteiger partial charge in [-0.3, -0.25) is 13.9 Å². The standard InChI is InChI=1S/C14H11F7N2O7/c1-22-9(24)5(15)3-23(12(22)27)8-2-6(30-11(26)14(19,20)21)7(29-8)4-28-10(25)13(16,17)18/h3,6-8H,2,4H2,1H3/t6-,7+,8+/m0/s1/i1D3. The van der Waals surface area contributed by atoms with Gasteiger partial charge in [-0.05, 0) is 0 Å². The summed E-state index contributed by atoms with van der Waals surface area (Å²) < 4.78 is 122. The van der Waals surface area contributed by atoms with Crippen LogP contribution in [0.25, 0.3) is 0 Å². The molecule has 0 bridgehead atoms. The van der Waals surface area contributed by atoms with Crippen molar-refractivity contribution in [3.05, 3.63) is 32.9 Å². The molecule has 30 heavy (non-hydrogen) atoms. The highest BCUT2D eigenvalue weighted by atomic mass is 19.4. The predicted octanol–water partition coefficient (Wildman–Crippen LogP) is 0.553. The molecule has 0 spiro atoms. The number of hydrogen-bond donors (Lipinski definition) is 0. The van der Waals surface area contributed by atoms with Gasteiger partial charge in [0.1, 0.15) is 25.0 Å². The van der Waals surface area contributed by atoms with Crippen LogP contribution in [0.3, 0.4) is 0 Å². The van der Waals surface area contributed by atoms with E-state index in [1.54, 1.807) is 0 Å². The second-order valence-corrected chi connectivity index (χ2v) is 5.71. The molecule has 0 radical (unpaired) electrons. The second kappa shape index (κ2) is 8.08. The van der Waals surface area contributed by atoms with Crippen LogP contribution in [0.5, 0.6) is 0 Å². The summed E-state index contributed by atoms with van der Waals surface area (Å²) in [5.41, 5.74) is -3.59. The minimum Gasteiger partial charge on any atom is -0.456 e. The van der Waals surface area contributed by atoms with Gasteiger partial charge in [0, 0.05) is 17.5 Å². The van der Waals surface area contributed by atoms with Crippen molar-refractivity contribution in [2.45, 2.75) is 37.2 Å². The Balaban J connectivity index is 2.41. The maximum atomic E-state index is 13.9. The van der Waals surface area contributed by atoms with Crippen molar-refractivity contribution in [3.8, 4) is 0 Å². The zero-order valence-corrected chi connectivity index (χ0v) is 14.1. The van der Waals surface area contributed by atoms with Crippen LogP contribution in [0.2, 0.25) is 0 Å². The topological polar surface area (TPSA) is 106 Å². The fourth-order valence-electron chi connectivity index (χ4n) is 2.34. The van der Waals surface area contributed by atoms with Crippen LogP contribution in [0.1, 0.15) is 16.8 Å². The SMILES string of the molecule is [2H]C([2H])([2H])n1c(=O)c(F)cn([C@H]2C[C@H](OC(=O)C(F)(F)F)[C@@H](COC(=O)C(F)(F)F)O2)c1=O. The number of alkyl halides is 6.